The van der Waals surface area contributed by atoms with Gasteiger partial charge in [-0.25, -0.2) is 0 Å². The Labute approximate surface area is 81.3 Å². The summed E-state index contributed by atoms with van der Waals surface area (Å²) in [5, 5.41) is 0. The van der Waals surface area contributed by atoms with Crippen LogP contribution in [0.2, 0.25) is 0 Å². The van der Waals surface area contributed by atoms with Gasteiger partial charge in [0, 0.05) is 11.0 Å². The van der Waals surface area contributed by atoms with Crippen molar-refractivity contribution in [3.63, 3.8) is 0 Å². The minimum atomic E-state index is 0.713. The maximum Gasteiger partial charge on any atom is 0.0351 e. The topological polar surface area (TPSA) is 38.0 Å². The Balaban J connectivity index is 3.08. The predicted octanol–water partition coefficient (Wildman–Crippen LogP) is 2.03. The van der Waals surface area contributed by atoms with Crippen LogP contribution in [0.15, 0.2) is 16.6 Å². The minimum absolute atomic E-state index is 0.713. The number of nitrogens with one attached hydrogen (secondary N) is 1. The molecule has 3 N–H and O–H groups in total. The molecule has 3 heteroatoms. The molecule has 0 aliphatic heterocycles. The average molecular weight is 229 g/mol. The third kappa shape index (κ3) is 1.86. The largest absolute Gasteiger partial charge is 0.271 e. The van der Waals surface area contributed by atoms with E-state index < -0.39 is 0 Å². The third-order valence-electron chi connectivity index (χ3n) is 1.98. The smallest absolute Gasteiger partial charge is 0.0351 e. The van der Waals surface area contributed by atoms with Crippen molar-refractivity contribution in [2.45, 2.75) is 20.4 Å². The van der Waals surface area contributed by atoms with Gasteiger partial charge in [-0.15, -0.1) is 0 Å². The number of nitrogens with two attached hydrogens (primary N) is 1. The molecule has 0 saturated heterocycles. The first-order chi connectivity index (χ1) is 5.66. The summed E-state index contributed by atoms with van der Waals surface area (Å²) in [6.45, 7) is 4.88. The molecule has 1 rings (SSSR count). The fourth-order valence-electron chi connectivity index (χ4n) is 1.16. The Morgan fingerprint density at radius 3 is 2.67 bits per heavy atom. The van der Waals surface area contributed by atoms with Crippen LogP contribution in [0.1, 0.15) is 16.7 Å². The number of hydrogen-bond acceptors (Lipinski definition) is 2. The second kappa shape index (κ2) is 4.03. The van der Waals surface area contributed by atoms with Crippen LogP contribution in [0, 0.1) is 13.8 Å². The molecule has 0 bridgehead atoms. The van der Waals surface area contributed by atoms with Gasteiger partial charge in [-0.3, -0.25) is 11.3 Å². The SMILES string of the molecule is Cc1ccc(CNN)c(C)c1Br. The van der Waals surface area contributed by atoms with E-state index in [0.717, 1.165) is 0 Å². The van der Waals surface area contributed by atoms with Crippen LogP contribution in [-0.2, 0) is 6.54 Å². The van der Waals surface area contributed by atoms with Gasteiger partial charge in [-0.2, -0.15) is 0 Å². The van der Waals surface area contributed by atoms with Gasteiger partial charge in [0.1, 0.15) is 0 Å². The van der Waals surface area contributed by atoms with Crippen LogP contribution in [0.4, 0.5) is 0 Å². The second-order valence-corrected chi connectivity index (χ2v) is 3.65. The number of halogens is 1. The standard InChI is InChI=1S/C9H13BrN2/c1-6-3-4-8(5-12-11)7(2)9(6)10/h3-4,12H,5,11H2,1-2H3. The Bertz CT molecular complexity index is 284. The van der Waals surface area contributed by atoms with E-state index in [9.17, 15) is 0 Å². The van der Waals surface area contributed by atoms with Gasteiger partial charge in [-0.1, -0.05) is 28.1 Å². The summed E-state index contributed by atoms with van der Waals surface area (Å²) in [6, 6.07) is 4.18. The zero-order valence-electron chi connectivity index (χ0n) is 7.32. The summed E-state index contributed by atoms with van der Waals surface area (Å²) >= 11 is 3.53. The lowest BCUT2D eigenvalue weighted by Gasteiger charge is -2.08. The molecule has 1 aromatic rings. The van der Waals surface area contributed by atoms with Crippen molar-refractivity contribution in [2.24, 2.45) is 5.84 Å². The first kappa shape index (κ1) is 9.71. The van der Waals surface area contributed by atoms with E-state index in [1.807, 2.05) is 0 Å². The normalized spacial score (nSPS) is 10.3. The molecule has 2 nitrogen and oxygen atoms in total. The van der Waals surface area contributed by atoms with Crippen LogP contribution in [0.3, 0.4) is 0 Å². The van der Waals surface area contributed by atoms with Crippen LogP contribution in [0.25, 0.3) is 0 Å². The first-order valence-electron chi connectivity index (χ1n) is 3.85. The predicted molar refractivity (Wildman–Crippen MR) is 54.6 cm³/mol. The van der Waals surface area contributed by atoms with Crippen LogP contribution in [0.5, 0.6) is 0 Å². The van der Waals surface area contributed by atoms with Gasteiger partial charge in [0.15, 0.2) is 0 Å². The maximum atomic E-state index is 5.25. The van der Waals surface area contributed by atoms with Gasteiger partial charge in [0.05, 0.1) is 0 Å². The summed E-state index contributed by atoms with van der Waals surface area (Å²) < 4.78 is 1.18. The molecule has 0 aliphatic carbocycles. The number of rotatable bonds is 2. The zero-order chi connectivity index (χ0) is 9.14. The molecule has 0 radical (unpaired) electrons. The Kier molecular flexibility index (Phi) is 3.26. The van der Waals surface area contributed by atoms with Gasteiger partial charge in [0.2, 0.25) is 0 Å². The summed E-state index contributed by atoms with van der Waals surface area (Å²) in [5.74, 6) is 5.25. The molecule has 0 amide bonds. The quantitative estimate of drug-likeness (QED) is 0.601. The molecule has 0 saturated carbocycles. The third-order valence-corrected chi connectivity index (χ3v) is 3.20. The first-order valence-corrected chi connectivity index (χ1v) is 4.64. The van der Waals surface area contributed by atoms with E-state index in [4.69, 9.17) is 5.84 Å². The summed E-state index contributed by atoms with van der Waals surface area (Å²) in [4.78, 5) is 0. The number of hydrogen-bond donors (Lipinski definition) is 2. The van der Waals surface area contributed by atoms with Crippen molar-refractivity contribution >= 4 is 15.9 Å². The van der Waals surface area contributed by atoms with E-state index >= 15 is 0 Å². The number of aryl methyl sites for hydroxylation is 1. The molecule has 0 aromatic heterocycles. The molecular formula is C9H13BrN2. The van der Waals surface area contributed by atoms with Crippen LogP contribution < -0.4 is 11.3 Å². The van der Waals surface area contributed by atoms with Crippen molar-refractivity contribution in [1.29, 1.82) is 0 Å². The lowest BCUT2D eigenvalue weighted by molar-refractivity contribution is 0.737. The van der Waals surface area contributed by atoms with Crippen LogP contribution in [-0.4, -0.2) is 0 Å². The highest BCUT2D eigenvalue weighted by atomic mass is 79.9. The molecule has 0 aliphatic rings. The summed E-state index contributed by atoms with van der Waals surface area (Å²) in [6.07, 6.45) is 0. The van der Waals surface area contributed by atoms with Crippen molar-refractivity contribution in [1.82, 2.24) is 5.43 Å². The number of hydrazine groups is 1. The molecule has 12 heavy (non-hydrogen) atoms. The summed E-state index contributed by atoms with van der Waals surface area (Å²) in [7, 11) is 0. The highest BCUT2D eigenvalue weighted by Gasteiger charge is 2.03. The maximum absolute atomic E-state index is 5.25. The molecule has 0 unspecified atom stereocenters. The monoisotopic (exact) mass is 228 g/mol. The molecule has 66 valence electrons. The second-order valence-electron chi connectivity index (χ2n) is 2.86. The highest BCUT2D eigenvalue weighted by molar-refractivity contribution is 9.10. The molecule has 0 spiro atoms. The van der Waals surface area contributed by atoms with E-state index in [2.05, 4.69) is 47.3 Å². The van der Waals surface area contributed by atoms with Crippen molar-refractivity contribution in [3.8, 4) is 0 Å². The highest BCUT2D eigenvalue weighted by Crippen LogP contribution is 2.23. The van der Waals surface area contributed by atoms with Crippen LogP contribution >= 0.6 is 15.9 Å². The molecule has 0 fully saturated rings. The lowest BCUT2D eigenvalue weighted by Crippen LogP contribution is -2.21. The van der Waals surface area contributed by atoms with E-state index in [0.29, 0.717) is 6.54 Å². The fraction of sp³-hybridized carbons (Fsp3) is 0.333. The average Bonchev–Trinajstić information content (AvgIpc) is 2.07. The van der Waals surface area contributed by atoms with Gasteiger partial charge in [-0.05, 0) is 30.5 Å². The molecule has 0 atom stereocenters. The van der Waals surface area contributed by atoms with Gasteiger partial charge < -0.3 is 0 Å². The van der Waals surface area contributed by atoms with Gasteiger partial charge in [0.25, 0.3) is 0 Å². The molecule has 1 aromatic carbocycles. The summed E-state index contributed by atoms with van der Waals surface area (Å²) in [5.41, 5.74) is 6.40. The zero-order valence-corrected chi connectivity index (χ0v) is 8.90. The number of benzene rings is 1. The van der Waals surface area contributed by atoms with Crippen molar-refractivity contribution < 1.29 is 0 Å². The van der Waals surface area contributed by atoms with E-state index in [-0.39, 0.29) is 0 Å². The van der Waals surface area contributed by atoms with E-state index in [1.165, 1.54) is 21.2 Å². The Morgan fingerprint density at radius 2 is 2.08 bits per heavy atom. The lowest BCUT2D eigenvalue weighted by atomic mass is 10.1. The molecular weight excluding hydrogens is 216 g/mol. The fourth-order valence-corrected chi connectivity index (χ4v) is 1.55. The minimum Gasteiger partial charge on any atom is -0.271 e. The molecule has 0 heterocycles. The Hall–Kier alpha value is -0.380. The van der Waals surface area contributed by atoms with Gasteiger partial charge >= 0.3 is 0 Å². The van der Waals surface area contributed by atoms with Crippen molar-refractivity contribution in [2.75, 3.05) is 0 Å². The Morgan fingerprint density at radius 1 is 1.42 bits per heavy atom. The van der Waals surface area contributed by atoms with E-state index in [1.54, 1.807) is 0 Å². The van der Waals surface area contributed by atoms with Crippen molar-refractivity contribution in [3.05, 3.63) is 33.3 Å².